The standard InChI is InChI=1S/C6H12ClNO3S/c1-6(9)8-12(10,11)5-3-2-4-7/h2-5H2,1H3,(H,8,9). The molecule has 0 radical (unpaired) electrons. The van der Waals surface area contributed by atoms with Gasteiger partial charge in [-0.25, -0.2) is 8.42 Å². The summed E-state index contributed by atoms with van der Waals surface area (Å²) in [5.41, 5.74) is 0. The first kappa shape index (κ1) is 11.7. The van der Waals surface area contributed by atoms with Crippen molar-refractivity contribution in [3.63, 3.8) is 0 Å². The van der Waals surface area contributed by atoms with Gasteiger partial charge in [0.2, 0.25) is 15.9 Å². The zero-order chi connectivity index (χ0) is 9.61. The molecule has 0 aromatic rings. The van der Waals surface area contributed by atoms with Gasteiger partial charge in [0.1, 0.15) is 0 Å². The van der Waals surface area contributed by atoms with Gasteiger partial charge in [-0.3, -0.25) is 9.52 Å². The third-order valence-corrected chi connectivity index (χ3v) is 2.79. The van der Waals surface area contributed by atoms with E-state index >= 15 is 0 Å². The molecule has 0 fully saturated rings. The maximum absolute atomic E-state index is 10.9. The number of halogens is 1. The van der Waals surface area contributed by atoms with E-state index in [0.717, 1.165) is 0 Å². The lowest BCUT2D eigenvalue weighted by Crippen LogP contribution is -2.30. The van der Waals surface area contributed by atoms with Crippen molar-refractivity contribution < 1.29 is 13.2 Å². The number of carbonyl (C=O) groups excluding carboxylic acids is 1. The Hall–Kier alpha value is -0.290. The molecule has 0 aliphatic rings. The van der Waals surface area contributed by atoms with Crippen LogP contribution in [0.2, 0.25) is 0 Å². The van der Waals surface area contributed by atoms with Crippen molar-refractivity contribution in [1.82, 2.24) is 4.72 Å². The zero-order valence-electron chi connectivity index (χ0n) is 6.84. The molecule has 0 rings (SSSR count). The molecule has 0 unspecified atom stereocenters. The van der Waals surface area contributed by atoms with Crippen LogP contribution in [0.15, 0.2) is 0 Å². The fraction of sp³-hybridized carbons (Fsp3) is 0.833. The maximum Gasteiger partial charge on any atom is 0.234 e. The van der Waals surface area contributed by atoms with Crippen LogP contribution in [-0.4, -0.2) is 26.0 Å². The Labute approximate surface area is 77.3 Å². The highest BCUT2D eigenvalue weighted by molar-refractivity contribution is 7.90. The predicted molar refractivity (Wildman–Crippen MR) is 47.6 cm³/mol. The summed E-state index contributed by atoms with van der Waals surface area (Å²) in [6.45, 7) is 1.17. The number of hydrogen-bond acceptors (Lipinski definition) is 3. The van der Waals surface area contributed by atoms with Crippen LogP contribution in [0.3, 0.4) is 0 Å². The molecule has 1 N–H and O–H groups in total. The molecule has 0 saturated heterocycles. The minimum atomic E-state index is -3.41. The van der Waals surface area contributed by atoms with E-state index < -0.39 is 15.9 Å². The number of carbonyl (C=O) groups is 1. The molecule has 0 aliphatic heterocycles. The molecule has 0 aromatic heterocycles. The molecule has 0 bridgehead atoms. The molecular formula is C6H12ClNO3S. The molecule has 6 heteroatoms. The van der Waals surface area contributed by atoms with E-state index in [1.165, 1.54) is 6.92 Å². The van der Waals surface area contributed by atoms with Crippen LogP contribution in [-0.2, 0) is 14.8 Å². The van der Waals surface area contributed by atoms with Gasteiger partial charge >= 0.3 is 0 Å². The molecule has 4 nitrogen and oxygen atoms in total. The average molecular weight is 214 g/mol. The van der Waals surface area contributed by atoms with E-state index in [1.807, 2.05) is 4.72 Å². The summed E-state index contributed by atoms with van der Waals surface area (Å²) in [7, 11) is -3.41. The van der Waals surface area contributed by atoms with Crippen LogP contribution >= 0.6 is 11.6 Å². The molecule has 0 saturated carbocycles. The number of amides is 1. The van der Waals surface area contributed by atoms with Gasteiger partial charge in [0.05, 0.1) is 5.75 Å². The summed E-state index contributed by atoms with van der Waals surface area (Å²) in [4.78, 5) is 10.4. The van der Waals surface area contributed by atoms with E-state index in [0.29, 0.717) is 18.7 Å². The molecular weight excluding hydrogens is 202 g/mol. The fourth-order valence-corrected chi connectivity index (χ4v) is 1.97. The van der Waals surface area contributed by atoms with Crippen LogP contribution in [0.1, 0.15) is 19.8 Å². The van der Waals surface area contributed by atoms with Gasteiger partial charge in [-0.15, -0.1) is 11.6 Å². The van der Waals surface area contributed by atoms with Gasteiger partial charge in [0.15, 0.2) is 0 Å². The second kappa shape index (κ2) is 5.37. The highest BCUT2D eigenvalue weighted by Crippen LogP contribution is 1.95. The Bertz CT molecular complexity index is 237. The largest absolute Gasteiger partial charge is 0.274 e. The smallest absolute Gasteiger partial charge is 0.234 e. The average Bonchev–Trinajstić information content (AvgIpc) is 1.84. The molecule has 0 heterocycles. The van der Waals surface area contributed by atoms with Crippen LogP contribution in [0.25, 0.3) is 0 Å². The van der Waals surface area contributed by atoms with Crippen molar-refractivity contribution in [1.29, 1.82) is 0 Å². The summed E-state index contributed by atoms with van der Waals surface area (Å²) in [6.07, 6.45) is 1.12. The monoisotopic (exact) mass is 213 g/mol. The summed E-state index contributed by atoms with van der Waals surface area (Å²) < 4.78 is 23.7. The Morgan fingerprint density at radius 3 is 2.42 bits per heavy atom. The van der Waals surface area contributed by atoms with Crippen molar-refractivity contribution in [2.45, 2.75) is 19.8 Å². The second-order valence-corrected chi connectivity index (χ2v) is 4.59. The molecule has 12 heavy (non-hydrogen) atoms. The lowest BCUT2D eigenvalue weighted by atomic mass is 10.4. The Balaban J connectivity index is 3.81. The van der Waals surface area contributed by atoms with Crippen LogP contribution in [0.4, 0.5) is 0 Å². The van der Waals surface area contributed by atoms with Crippen molar-refractivity contribution in [3.05, 3.63) is 0 Å². The highest BCUT2D eigenvalue weighted by atomic mass is 35.5. The molecule has 1 amide bonds. The number of alkyl halides is 1. The van der Waals surface area contributed by atoms with E-state index in [4.69, 9.17) is 11.6 Å². The minimum Gasteiger partial charge on any atom is -0.274 e. The highest BCUT2D eigenvalue weighted by Gasteiger charge is 2.10. The van der Waals surface area contributed by atoms with Gasteiger partial charge in [-0.2, -0.15) is 0 Å². The number of nitrogens with one attached hydrogen (secondary N) is 1. The summed E-state index contributed by atoms with van der Waals surface area (Å²) in [5.74, 6) is -0.157. The molecule has 0 aliphatic carbocycles. The number of unbranched alkanes of at least 4 members (excludes halogenated alkanes) is 1. The van der Waals surface area contributed by atoms with Crippen LogP contribution in [0, 0.1) is 0 Å². The first-order valence-corrected chi connectivity index (χ1v) is 5.73. The summed E-state index contributed by atoms with van der Waals surface area (Å²) >= 11 is 5.35. The third kappa shape index (κ3) is 6.42. The van der Waals surface area contributed by atoms with Crippen molar-refractivity contribution in [2.75, 3.05) is 11.6 Å². The zero-order valence-corrected chi connectivity index (χ0v) is 8.41. The van der Waals surface area contributed by atoms with E-state index in [1.54, 1.807) is 0 Å². The van der Waals surface area contributed by atoms with Gasteiger partial charge in [0.25, 0.3) is 0 Å². The van der Waals surface area contributed by atoms with Gasteiger partial charge in [0, 0.05) is 12.8 Å². The number of hydrogen-bond donors (Lipinski definition) is 1. The summed E-state index contributed by atoms with van der Waals surface area (Å²) in [5, 5.41) is 0. The second-order valence-electron chi connectivity index (χ2n) is 2.37. The Kier molecular flexibility index (Phi) is 5.24. The van der Waals surface area contributed by atoms with Crippen LogP contribution in [0.5, 0.6) is 0 Å². The van der Waals surface area contributed by atoms with E-state index in [-0.39, 0.29) is 5.75 Å². The minimum absolute atomic E-state index is 0.0424. The van der Waals surface area contributed by atoms with Crippen molar-refractivity contribution in [2.24, 2.45) is 0 Å². The Morgan fingerprint density at radius 2 is 2.00 bits per heavy atom. The Morgan fingerprint density at radius 1 is 1.42 bits per heavy atom. The maximum atomic E-state index is 10.9. The number of rotatable bonds is 5. The molecule has 72 valence electrons. The van der Waals surface area contributed by atoms with Gasteiger partial charge < -0.3 is 0 Å². The first-order chi connectivity index (χ1) is 5.48. The normalized spacial score (nSPS) is 11.2. The van der Waals surface area contributed by atoms with Gasteiger partial charge in [-0.05, 0) is 12.8 Å². The topological polar surface area (TPSA) is 63.2 Å². The SMILES string of the molecule is CC(=O)NS(=O)(=O)CCCCCl. The quantitative estimate of drug-likeness (QED) is 0.534. The molecule has 0 atom stereocenters. The van der Waals surface area contributed by atoms with Crippen molar-refractivity contribution >= 4 is 27.5 Å². The van der Waals surface area contributed by atoms with Gasteiger partial charge in [-0.1, -0.05) is 0 Å². The van der Waals surface area contributed by atoms with E-state index in [2.05, 4.69) is 0 Å². The van der Waals surface area contributed by atoms with Crippen LogP contribution < -0.4 is 4.72 Å². The first-order valence-electron chi connectivity index (χ1n) is 3.55. The fourth-order valence-electron chi connectivity index (χ4n) is 0.657. The lowest BCUT2D eigenvalue weighted by Gasteiger charge is -2.02. The molecule has 0 spiro atoms. The van der Waals surface area contributed by atoms with E-state index in [9.17, 15) is 13.2 Å². The molecule has 0 aromatic carbocycles. The predicted octanol–water partition coefficient (Wildman–Crippen LogP) is 0.471. The third-order valence-electron chi connectivity index (χ3n) is 1.10. The number of sulfonamides is 1. The summed E-state index contributed by atoms with van der Waals surface area (Å²) in [6, 6.07) is 0. The lowest BCUT2D eigenvalue weighted by molar-refractivity contribution is -0.117. The van der Waals surface area contributed by atoms with Crippen molar-refractivity contribution in [3.8, 4) is 0 Å².